The summed E-state index contributed by atoms with van der Waals surface area (Å²) in [6.45, 7) is 1.98. The van der Waals surface area contributed by atoms with Gasteiger partial charge in [0.25, 0.3) is 5.56 Å². The zero-order chi connectivity index (χ0) is 17.7. The quantitative estimate of drug-likeness (QED) is 0.620. The van der Waals surface area contributed by atoms with E-state index in [1.807, 2.05) is 37.4 Å². The molecule has 0 aliphatic carbocycles. The number of hydrogen-bond acceptors (Lipinski definition) is 3. The average molecular weight is 337 g/mol. The van der Waals surface area contributed by atoms with Crippen molar-refractivity contribution in [2.75, 3.05) is 0 Å². The van der Waals surface area contributed by atoms with Gasteiger partial charge in [-0.2, -0.15) is 0 Å². The van der Waals surface area contributed by atoms with Gasteiger partial charge >= 0.3 is 5.69 Å². The van der Waals surface area contributed by atoms with Crippen LogP contribution in [0.1, 0.15) is 24.9 Å². The fraction of sp³-hybridized carbons (Fsp3) is 0.278. The summed E-state index contributed by atoms with van der Waals surface area (Å²) in [5, 5.41) is 1.02. The van der Waals surface area contributed by atoms with Gasteiger partial charge in [0.15, 0.2) is 11.2 Å². The van der Waals surface area contributed by atoms with E-state index in [0.717, 1.165) is 16.5 Å². The lowest BCUT2D eigenvalue weighted by molar-refractivity contribution is 0.511. The molecule has 0 aliphatic heterocycles. The van der Waals surface area contributed by atoms with E-state index in [-0.39, 0.29) is 17.3 Å². The molecule has 0 bridgehead atoms. The van der Waals surface area contributed by atoms with E-state index in [1.54, 1.807) is 25.0 Å². The van der Waals surface area contributed by atoms with Crippen LogP contribution in [0.2, 0.25) is 0 Å². The molecule has 0 radical (unpaired) electrons. The zero-order valence-electron chi connectivity index (χ0n) is 14.4. The minimum Gasteiger partial charge on any atom is -0.361 e. The number of aromatic nitrogens is 5. The van der Waals surface area contributed by atoms with E-state index in [4.69, 9.17) is 0 Å². The van der Waals surface area contributed by atoms with Gasteiger partial charge in [-0.1, -0.05) is 25.1 Å². The number of para-hydroxylation sites is 1. The number of imidazole rings is 1. The standard InChI is InChI=1S/C18H19N5O2/c1-4-14(12-9-19-13-8-6-5-7-11(12)13)23-17(24)15-16(20-10-21(15)2)22(3)18(23)25/h5-10,14,19H,4H2,1-3H3. The Hall–Kier alpha value is -3.09. The first kappa shape index (κ1) is 15.4. The van der Waals surface area contributed by atoms with Gasteiger partial charge in [-0.15, -0.1) is 0 Å². The molecule has 1 atom stereocenters. The predicted molar refractivity (Wildman–Crippen MR) is 96.9 cm³/mol. The minimum atomic E-state index is -0.353. The van der Waals surface area contributed by atoms with Gasteiger partial charge in [-0.3, -0.25) is 13.9 Å². The summed E-state index contributed by atoms with van der Waals surface area (Å²) in [6, 6.07) is 7.55. The molecule has 3 aromatic heterocycles. The highest BCUT2D eigenvalue weighted by molar-refractivity contribution is 5.83. The smallest absolute Gasteiger partial charge is 0.333 e. The Morgan fingerprint density at radius 3 is 2.72 bits per heavy atom. The lowest BCUT2D eigenvalue weighted by Gasteiger charge is -2.18. The normalized spacial score (nSPS) is 12.9. The Labute approximate surface area is 143 Å². The highest BCUT2D eigenvalue weighted by atomic mass is 16.2. The molecule has 0 aliphatic rings. The zero-order valence-corrected chi connectivity index (χ0v) is 14.4. The van der Waals surface area contributed by atoms with Gasteiger partial charge in [0.05, 0.1) is 12.4 Å². The number of nitrogens with zero attached hydrogens (tertiary/aromatic N) is 4. The van der Waals surface area contributed by atoms with Crippen LogP contribution in [0, 0.1) is 0 Å². The van der Waals surface area contributed by atoms with Crippen LogP contribution in [0.15, 0.2) is 46.4 Å². The Balaban J connectivity index is 2.07. The van der Waals surface area contributed by atoms with Crippen LogP contribution in [0.5, 0.6) is 0 Å². The summed E-state index contributed by atoms with van der Waals surface area (Å²) in [7, 11) is 3.41. The van der Waals surface area contributed by atoms with Crippen molar-refractivity contribution >= 4 is 22.1 Å². The average Bonchev–Trinajstić information content (AvgIpc) is 3.21. The Morgan fingerprint density at radius 2 is 1.96 bits per heavy atom. The minimum absolute atomic E-state index is 0.310. The first-order valence-electron chi connectivity index (χ1n) is 8.23. The van der Waals surface area contributed by atoms with Crippen molar-refractivity contribution in [2.45, 2.75) is 19.4 Å². The summed E-state index contributed by atoms with van der Waals surface area (Å²) in [6.07, 6.45) is 4.07. The summed E-state index contributed by atoms with van der Waals surface area (Å²) < 4.78 is 4.45. The summed E-state index contributed by atoms with van der Waals surface area (Å²) >= 11 is 0. The van der Waals surface area contributed by atoms with E-state index in [1.165, 1.54) is 9.13 Å². The van der Waals surface area contributed by atoms with E-state index in [0.29, 0.717) is 17.6 Å². The van der Waals surface area contributed by atoms with Crippen molar-refractivity contribution in [3.05, 3.63) is 63.2 Å². The molecule has 4 rings (SSSR count). The van der Waals surface area contributed by atoms with Gasteiger partial charge in [0.1, 0.15) is 0 Å². The van der Waals surface area contributed by atoms with Crippen molar-refractivity contribution in [1.29, 1.82) is 0 Å². The lowest BCUT2D eigenvalue weighted by Crippen LogP contribution is -2.42. The van der Waals surface area contributed by atoms with Crippen LogP contribution in [0.25, 0.3) is 22.1 Å². The predicted octanol–water partition coefficient (Wildman–Crippen LogP) is 1.91. The molecule has 1 unspecified atom stereocenters. The third-order valence-electron chi connectivity index (χ3n) is 4.83. The van der Waals surface area contributed by atoms with Crippen LogP contribution in [-0.4, -0.2) is 23.7 Å². The molecule has 0 saturated carbocycles. The van der Waals surface area contributed by atoms with Gasteiger partial charge in [-0.05, 0) is 12.5 Å². The molecule has 3 heterocycles. The molecule has 0 amide bonds. The van der Waals surface area contributed by atoms with Gasteiger partial charge < -0.3 is 9.55 Å². The van der Waals surface area contributed by atoms with Gasteiger partial charge in [-0.25, -0.2) is 9.78 Å². The SMILES string of the molecule is CCC(c1c[nH]c2ccccc12)n1c(=O)c2c(ncn2C)n(C)c1=O. The van der Waals surface area contributed by atoms with Crippen molar-refractivity contribution in [3.8, 4) is 0 Å². The van der Waals surface area contributed by atoms with Crippen molar-refractivity contribution in [2.24, 2.45) is 14.1 Å². The maximum atomic E-state index is 13.1. The second-order valence-electron chi connectivity index (χ2n) is 6.26. The molecular formula is C18H19N5O2. The Bertz CT molecular complexity index is 1210. The van der Waals surface area contributed by atoms with Crippen molar-refractivity contribution in [3.63, 3.8) is 0 Å². The summed E-state index contributed by atoms with van der Waals surface area (Å²) in [4.78, 5) is 33.4. The van der Waals surface area contributed by atoms with Crippen LogP contribution >= 0.6 is 0 Å². The van der Waals surface area contributed by atoms with E-state index < -0.39 is 0 Å². The second kappa shape index (κ2) is 5.47. The van der Waals surface area contributed by atoms with E-state index in [2.05, 4.69) is 9.97 Å². The largest absolute Gasteiger partial charge is 0.361 e. The number of rotatable bonds is 3. The Kier molecular flexibility index (Phi) is 3.38. The van der Waals surface area contributed by atoms with Crippen molar-refractivity contribution in [1.82, 2.24) is 23.7 Å². The third-order valence-corrected chi connectivity index (χ3v) is 4.83. The van der Waals surface area contributed by atoms with Crippen LogP contribution in [-0.2, 0) is 14.1 Å². The monoisotopic (exact) mass is 337 g/mol. The summed E-state index contributed by atoms with van der Waals surface area (Å²) in [5.74, 6) is 0. The third kappa shape index (κ3) is 2.08. The number of aromatic amines is 1. The van der Waals surface area contributed by atoms with Gasteiger partial charge in [0.2, 0.25) is 0 Å². The number of benzene rings is 1. The van der Waals surface area contributed by atoms with E-state index >= 15 is 0 Å². The fourth-order valence-corrected chi connectivity index (χ4v) is 3.55. The molecule has 1 N–H and O–H groups in total. The molecule has 7 nitrogen and oxygen atoms in total. The van der Waals surface area contributed by atoms with Crippen LogP contribution < -0.4 is 11.2 Å². The van der Waals surface area contributed by atoms with Crippen molar-refractivity contribution < 1.29 is 0 Å². The highest BCUT2D eigenvalue weighted by Crippen LogP contribution is 2.27. The van der Waals surface area contributed by atoms with E-state index in [9.17, 15) is 9.59 Å². The lowest BCUT2D eigenvalue weighted by atomic mass is 10.0. The first-order valence-corrected chi connectivity index (χ1v) is 8.23. The molecule has 4 aromatic rings. The first-order chi connectivity index (χ1) is 12.0. The molecule has 25 heavy (non-hydrogen) atoms. The van der Waals surface area contributed by atoms with Crippen LogP contribution in [0.4, 0.5) is 0 Å². The molecule has 0 saturated heterocycles. The fourth-order valence-electron chi connectivity index (χ4n) is 3.55. The number of hydrogen-bond donors (Lipinski definition) is 1. The van der Waals surface area contributed by atoms with Crippen LogP contribution in [0.3, 0.4) is 0 Å². The maximum Gasteiger partial charge on any atom is 0.333 e. The topological polar surface area (TPSA) is 77.6 Å². The second-order valence-corrected chi connectivity index (χ2v) is 6.26. The Morgan fingerprint density at radius 1 is 1.20 bits per heavy atom. The molecule has 1 aromatic carbocycles. The molecule has 0 spiro atoms. The molecule has 0 fully saturated rings. The number of H-pyrrole nitrogens is 1. The molecular weight excluding hydrogens is 318 g/mol. The maximum absolute atomic E-state index is 13.1. The molecule has 128 valence electrons. The highest BCUT2D eigenvalue weighted by Gasteiger charge is 2.23. The number of fused-ring (bicyclic) bond motifs is 2. The van der Waals surface area contributed by atoms with Gasteiger partial charge in [0, 0.05) is 36.8 Å². The number of aryl methyl sites for hydroxylation is 2. The number of nitrogens with one attached hydrogen (secondary N) is 1. The molecule has 7 heteroatoms. The summed E-state index contributed by atoms with van der Waals surface area (Å²) in [5.41, 5.74) is 2.10.